The molecule has 54 valence electrons. The third-order valence-electron chi connectivity index (χ3n) is 1.59. The number of benzene rings is 1. The Bertz CT molecular complexity index is 316. The summed E-state index contributed by atoms with van der Waals surface area (Å²) in [5.41, 5.74) is 0.829. The number of rotatable bonds is 0. The molecule has 0 saturated heterocycles. The van der Waals surface area contributed by atoms with Gasteiger partial charge in [-0.05, 0) is 0 Å². The Morgan fingerprint density at radius 2 is 1.33 bits per heavy atom. The molecular formula is C8H4CsNO2. The van der Waals surface area contributed by atoms with Crippen LogP contribution in [-0.4, -0.2) is 11.8 Å². The zero-order valence-corrected chi connectivity index (χ0v) is 12.9. The molecule has 0 atom stereocenters. The van der Waals surface area contributed by atoms with E-state index in [1.165, 1.54) is 0 Å². The van der Waals surface area contributed by atoms with Gasteiger partial charge in [-0.2, -0.15) is 0 Å². The van der Waals surface area contributed by atoms with E-state index in [-0.39, 0.29) is 68.9 Å². The second kappa shape index (κ2) is 4.08. The first-order valence-electron chi connectivity index (χ1n) is 3.18. The molecule has 0 N–H and O–H groups in total. The van der Waals surface area contributed by atoms with Crippen LogP contribution in [0.5, 0.6) is 0 Å². The van der Waals surface area contributed by atoms with Gasteiger partial charge in [0.1, 0.15) is 0 Å². The normalized spacial score (nSPS) is 13.3. The van der Waals surface area contributed by atoms with Crippen molar-refractivity contribution in [3.63, 3.8) is 0 Å². The summed E-state index contributed by atoms with van der Waals surface area (Å²) in [7, 11) is 0. The molecule has 0 unspecified atom stereocenters. The topological polar surface area (TPSA) is 48.2 Å². The minimum atomic E-state index is -0.425. The van der Waals surface area contributed by atoms with E-state index in [1.807, 2.05) is 0 Å². The molecule has 12 heavy (non-hydrogen) atoms. The van der Waals surface area contributed by atoms with Gasteiger partial charge in [0, 0.05) is 11.1 Å². The van der Waals surface area contributed by atoms with Crippen LogP contribution < -0.4 is 68.9 Å². The maximum Gasteiger partial charge on any atom is 1.00 e. The Hall–Kier alpha value is 0.412. The molecule has 0 bridgehead atoms. The summed E-state index contributed by atoms with van der Waals surface area (Å²) in [6, 6.07) is 6.63. The van der Waals surface area contributed by atoms with Gasteiger partial charge >= 0.3 is 68.9 Å². The Balaban J connectivity index is 0.000000720. The molecule has 0 radical (unpaired) electrons. The monoisotopic (exact) mass is 279 g/mol. The Morgan fingerprint density at radius 3 is 1.75 bits per heavy atom. The van der Waals surface area contributed by atoms with E-state index in [9.17, 15) is 9.59 Å². The summed E-state index contributed by atoms with van der Waals surface area (Å²) in [6.07, 6.45) is 0. The first-order chi connectivity index (χ1) is 5.29. The molecule has 1 aliphatic heterocycles. The second-order valence-corrected chi connectivity index (χ2v) is 2.27. The number of imide groups is 1. The predicted octanol–water partition coefficient (Wildman–Crippen LogP) is -1.64. The fraction of sp³-hybridized carbons (Fsp3) is 0. The van der Waals surface area contributed by atoms with Crippen LogP contribution in [0.3, 0.4) is 0 Å². The molecule has 4 heteroatoms. The van der Waals surface area contributed by atoms with E-state index in [0.29, 0.717) is 11.1 Å². The molecule has 2 rings (SSSR count). The number of amides is 2. The molecule has 1 aromatic rings. The van der Waals surface area contributed by atoms with Crippen LogP contribution >= 0.6 is 0 Å². The summed E-state index contributed by atoms with van der Waals surface area (Å²) in [5.74, 6) is -0.851. The van der Waals surface area contributed by atoms with Crippen LogP contribution in [0.2, 0.25) is 0 Å². The van der Waals surface area contributed by atoms with Crippen LogP contribution in [0.25, 0.3) is 5.32 Å². The molecule has 0 fully saturated rings. The van der Waals surface area contributed by atoms with Crippen LogP contribution in [-0.2, 0) is 0 Å². The van der Waals surface area contributed by atoms with Gasteiger partial charge in [0.05, 0.1) is 11.8 Å². The second-order valence-electron chi connectivity index (χ2n) is 2.27. The van der Waals surface area contributed by atoms with Crippen molar-refractivity contribution in [2.75, 3.05) is 0 Å². The largest absolute Gasteiger partial charge is 1.00 e. The fourth-order valence-corrected chi connectivity index (χ4v) is 1.07. The molecule has 3 nitrogen and oxygen atoms in total. The first kappa shape index (κ1) is 10.5. The molecule has 2 amide bonds. The quantitative estimate of drug-likeness (QED) is 0.535. The number of hydrogen-bond donors (Lipinski definition) is 0. The van der Waals surface area contributed by atoms with E-state index >= 15 is 0 Å². The van der Waals surface area contributed by atoms with Crippen LogP contribution in [0, 0.1) is 0 Å². The van der Waals surface area contributed by atoms with Gasteiger partial charge in [-0.25, -0.2) is 0 Å². The van der Waals surface area contributed by atoms with Gasteiger partial charge in [-0.3, -0.25) is 0 Å². The molecule has 1 aliphatic rings. The van der Waals surface area contributed by atoms with Gasteiger partial charge in [0.15, 0.2) is 0 Å². The Morgan fingerprint density at radius 1 is 0.917 bits per heavy atom. The van der Waals surface area contributed by atoms with Crippen LogP contribution in [0.15, 0.2) is 24.3 Å². The number of carbonyl (C=O) groups excluding carboxylic acids is 2. The SMILES string of the molecule is O=C1[N-]C(=O)c2ccccc21.[Cs+]. The maximum atomic E-state index is 10.9. The van der Waals surface area contributed by atoms with Crippen molar-refractivity contribution in [2.45, 2.75) is 0 Å². The minimum absolute atomic E-state index is 0. The van der Waals surface area contributed by atoms with Crippen molar-refractivity contribution in [1.29, 1.82) is 0 Å². The zero-order valence-electron chi connectivity index (χ0n) is 6.57. The van der Waals surface area contributed by atoms with Crippen LogP contribution in [0.4, 0.5) is 0 Å². The van der Waals surface area contributed by atoms with E-state index in [2.05, 4.69) is 5.32 Å². The molecule has 1 heterocycles. The molecule has 0 aliphatic carbocycles. The number of carbonyl (C=O) groups is 2. The van der Waals surface area contributed by atoms with Gasteiger partial charge in [0.25, 0.3) is 0 Å². The Kier molecular flexibility index (Phi) is 3.57. The zero-order chi connectivity index (χ0) is 7.84. The van der Waals surface area contributed by atoms with Crippen LogP contribution in [0.1, 0.15) is 20.7 Å². The smallest absolute Gasteiger partial charge is 0.587 e. The standard InChI is InChI=1S/C8H5NO2.Cs/c10-7-5-3-1-2-4-6(5)8(11)9-7;/h1-4H,(H,9,10,11);/q;+1/p-1. The van der Waals surface area contributed by atoms with Crippen molar-refractivity contribution in [3.05, 3.63) is 40.7 Å². The maximum absolute atomic E-state index is 10.9. The molecular weight excluding hydrogens is 275 g/mol. The average Bonchev–Trinajstić information content (AvgIpc) is 2.30. The van der Waals surface area contributed by atoms with Gasteiger partial charge < -0.3 is 14.9 Å². The summed E-state index contributed by atoms with van der Waals surface area (Å²) >= 11 is 0. The number of fused-ring (bicyclic) bond motifs is 1. The molecule has 1 aromatic carbocycles. The molecule has 0 aromatic heterocycles. The first-order valence-corrected chi connectivity index (χ1v) is 3.18. The van der Waals surface area contributed by atoms with E-state index in [4.69, 9.17) is 0 Å². The van der Waals surface area contributed by atoms with E-state index < -0.39 is 11.8 Å². The average molecular weight is 279 g/mol. The van der Waals surface area contributed by atoms with Crippen molar-refractivity contribution in [2.24, 2.45) is 0 Å². The third-order valence-corrected chi connectivity index (χ3v) is 1.59. The molecule has 0 spiro atoms. The van der Waals surface area contributed by atoms with Crippen molar-refractivity contribution < 1.29 is 78.5 Å². The van der Waals surface area contributed by atoms with Crippen molar-refractivity contribution in [3.8, 4) is 0 Å². The predicted molar refractivity (Wildman–Crippen MR) is 38.5 cm³/mol. The van der Waals surface area contributed by atoms with Gasteiger partial charge in [-0.15, -0.1) is 0 Å². The summed E-state index contributed by atoms with van der Waals surface area (Å²) in [6.45, 7) is 0. The number of hydrogen-bond acceptors (Lipinski definition) is 2. The summed E-state index contributed by atoms with van der Waals surface area (Å²) in [5, 5.41) is 3.28. The summed E-state index contributed by atoms with van der Waals surface area (Å²) in [4.78, 5) is 21.8. The van der Waals surface area contributed by atoms with Crippen molar-refractivity contribution >= 4 is 11.8 Å². The molecule has 0 saturated carbocycles. The van der Waals surface area contributed by atoms with Crippen molar-refractivity contribution in [1.82, 2.24) is 0 Å². The van der Waals surface area contributed by atoms with E-state index in [1.54, 1.807) is 24.3 Å². The van der Waals surface area contributed by atoms with Gasteiger partial charge in [0.2, 0.25) is 0 Å². The van der Waals surface area contributed by atoms with Gasteiger partial charge in [-0.1, -0.05) is 24.3 Å². The fourth-order valence-electron chi connectivity index (χ4n) is 1.07. The minimum Gasteiger partial charge on any atom is -0.587 e. The van der Waals surface area contributed by atoms with E-state index in [0.717, 1.165) is 0 Å². The summed E-state index contributed by atoms with van der Waals surface area (Å²) < 4.78 is 0. The third kappa shape index (κ3) is 1.68. The number of nitrogens with zero attached hydrogens (tertiary/aromatic N) is 1. The Labute approximate surface area is 128 Å².